The summed E-state index contributed by atoms with van der Waals surface area (Å²) in [7, 11) is 0. The van der Waals surface area contributed by atoms with Gasteiger partial charge in [0.2, 0.25) is 5.92 Å². The molecule has 3 rings (SSSR count). The molecule has 0 aliphatic heterocycles. The van der Waals surface area contributed by atoms with E-state index in [4.69, 9.17) is 21.1 Å². The van der Waals surface area contributed by atoms with Gasteiger partial charge in [0.1, 0.15) is 11.3 Å². The molecule has 0 saturated carbocycles. The van der Waals surface area contributed by atoms with E-state index in [2.05, 4.69) is 15.0 Å². The number of para-hydroxylation sites is 2. The van der Waals surface area contributed by atoms with Crippen molar-refractivity contribution in [3.63, 3.8) is 0 Å². The quantitative estimate of drug-likeness (QED) is 0.473. The zero-order chi connectivity index (χ0) is 19.4. The van der Waals surface area contributed by atoms with Crippen LogP contribution in [0.5, 0.6) is 0 Å². The lowest BCUT2D eigenvalue weighted by atomic mass is 10.1. The Morgan fingerprint density at radius 1 is 1.11 bits per heavy atom. The Hall–Kier alpha value is -3.00. The van der Waals surface area contributed by atoms with Gasteiger partial charge in [-0.2, -0.15) is 0 Å². The van der Waals surface area contributed by atoms with Gasteiger partial charge in [0.15, 0.2) is 11.6 Å². The lowest BCUT2D eigenvalue weighted by molar-refractivity contribution is -0.157. The van der Waals surface area contributed by atoms with Crippen LogP contribution < -0.4 is 0 Å². The molecule has 2 heterocycles. The van der Waals surface area contributed by atoms with Crippen molar-refractivity contribution in [2.45, 2.75) is 19.8 Å². The van der Waals surface area contributed by atoms with Gasteiger partial charge in [0, 0.05) is 0 Å². The second-order valence-corrected chi connectivity index (χ2v) is 5.85. The SMILES string of the molecule is CCOC(=O)C(C(=O)OCC)c1ncc(Cl)c(-n2cnc3ccccc32)n1. The van der Waals surface area contributed by atoms with Crippen LogP contribution in [-0.2, 0) is 19.1 Å². The predicted molar refractivity (Wildman–Crippen MR) is 97.7 cm³/mol. The highest BCUT2D eigenvalue weighted by Gasteiger charge is 2.35. The third-order valence-electron chi connectivity index (χ3n) is 3.73. The van der Waals surface area contributed by atoms with E-state index in [1.54, 1.807) is 24.7 Å². The number of fused-ring (bicyclic) bond motifs is 1. The zero-order valence-corrected chi connectivity index (χ0v) is 15.5. The lowest BCUT2D eigenvalue weighted by Crippen LogP contribution is -2.28. The molecule has 1 aromatic carbocycles. The van der Waals surface area contributed by atoms with Crippen molar-refractivity contribution in [2.24, 2.45) is 0 Å². The van der Waals surface area contributed by atoms with Gasteiger partial charge >= 0.3 is 11.9 Å². The first-order valence-corrected chi connectivity index (χ1v) is 8.72. The van der Waals surface area contributed by atoms with Gasteiger partial charge < -0.3 is 9.47 Å². The number of halogens is 1. The minimum atomic E-state index is -1.39. The van der Waals surface area contributed by atoms with Crippen molar-refractivity contribution >= 4 is 34.6 Å². The van der Waals surface area contributed by atoms with E-state index in [1.165, 1.54) is 6.20 Å². The second-order valence-electron chi connectivity index (χ2n) is 5.44. The Morgan fingerprint density at radius 3 is 2.44 bits per heavy atom. The van der Waals surface area contributed by atoms with Crippen LogP contribution in [-0.4, -0.2) is 44.7 Å². The number of carbonyl (C=O) groups is 2. The monoisotopic (exact) mass is 388 g/mol. The van der Waals surface area contributed by atoms with Gasteiger partial charge in [-0.25, -0.2) is 15.0 Å². The second kappa shape index (κ2) is 8.13. The van der Waals surface area contributed by atoms with E-state index in [9.17, 15) is 9.59 Å². The van der Waals surface area contributed by atoms with Crippen LogP contribution in [0, 0.1) is 0 Å². The first-order valence-electron chi connectivity index (χ1n) is 8.35. The fourth-order valence-corrected chi connectivity index (χ4v) is 2.75. The van der Waals surface area contributed by atoms with Crippen LogP contribution in [0.2, 0.25) is 5.02 Å². The Kier molecular flexibility index (Phi) is 5.66. The maximum Gasteiger partial charge on any atom is 0.328 e. The fourth-order valence-electron chi connectivity index (χ4n) is 2.57. The summed E-state index contributed by atoms with van der Waals surface area (Å²) in [6.07, 6.45) is 2.89. The van der Waals surface area contributed by atoms with E-state index in [1.807, 2.05) is 24.3 Å². The lowest BCUT2D eigenvalue weighted by Gasteiger charge is -2.14. The van der Waals surface area contributed by atoms with Crippen molar-refractivity contribution in [2.75, 3.05) is 13.2 Å². The van der Waals surface area contributed by atoms with Crippen molar-refractivity contribution in [1.82, 2.24) is 19.5 Å². The molecule has 0 unspecified atom stereocenters. The highest BCUT2D eigenvalue weighted by molar-refractivity contribution is 6.32. The van der Waals surface area contributed by atoms with E-state index in [-0.39, 0.29) is 24.1 Å². The van der Waals surface area contributed by atoms with Crippen LogP contribution in [0.25, 0.3) is 16.9 Å². The number of benzene rings is 1. The Labute approximate surface area is 160 Å². The normalized spacial score (nSPS) is 11.0. The van der Waals surface area contributed by atoms with Crippen LogP contribution >= 0.6 is 11.6 Å². The maximum atomic E-state index is 12.3. The first-order chi connectivity index (χ1) is 13.1. The summed E-state index contributed by atoms with van der Waals surface area (Å²) in [5.74, 6) is -2.70. The minimum absolute atomic E-state index is 0.0518. The number of hydrogen-bond acceptors (Lipinski definition) is 7. The minimum Gasteiger partial charge on any atom is -0.465 e. The predicted octanol–water partition coefficient (Wildman–Crippen LogP) is 2.68. The number of esters is 2. The van der Waals surface area contributed by atoms with Gasteiger partial charge in [0.05, 0.1) is 30.4 Å². The molecule has 0 saturated heterocycles. The summed E-state index contributed by atoms with van der Waals surface area (Å²) in [6, 6.07) is 7.43. The van der Waals surface area contributed by atoms with Gasteiger partial charge in [0.25, 0.3) is 0 Å². The summed E-state index contributed by atoms with van der Waals surface area (Å²) in [5.41, 5.74) is 1.52. The van der Waals surface area contributed by atoms with Crippen LogP contribution in [0.4, 0.5) is 0 Å². The summed E-state index contributed by atoms with van der Waals surface area (Å²) in [6.45, 7) is 3.51. The molecule has 0 aliphatic carbocycles. The summed E-state index contributed by atoms with van der Waals surface area (Å²) < 4.78 is 11.6. The van der Waals surface area contributed by atoms with Gasteiger partial charge in [-0.15, -0.1) is 0 Å². The number of imidazole rings is 1. The highest BCUT2D eigenvalue weighted by atomic mass is 35.5. The standard InChI is InChI=1S/C18H17ClN4O4/c1-3-26-17(24)14(18(25)27-4-2)15-20-9-11(19)16(22-15)23-10-21-12-7-5-6-8-13(12)23/h5-10,14H,3-4H2,1-2H3. The molecule has 27 heavy (non-hydrogen) atoms. The van der Waals surface area contributed by atoms with Gasteiger partial charge in [-0.05, 0) is 26.0 Å². The fraction of sp³-hybridized carbons (Fsp3) is 0.278. The molecule has 0 amide bonds. The average molecular weight is 389 g/mol. The van der Waals surface area contributed by atoms with Crippen molar-refractivity contribution in [3.05, 3.63) is 47.6 Å². The summed E-state index contributed by atoms with van der Waals surface area (Å²) >= 11 is 6.27. The summed E-state index contributed by atoms with van der Waals surface area (Å²) in [5, 5.41) is 0.244. The van der Waals surface area contributed by atoms with Crippen molar-refractivity contribution in [1.29, 1.82) is 0 Å². The zero-order valence-electron chi connectivity index (χ0n) is 14.8. The van der Waals surface area contributed by atoms with Crippen molar-refractivity contribution in [3.8, 4) is 5.82 Å². The number of ether oxygens (including phenoxy) is 2. The molecule has 0 N–H and O–H groups in total. The molecule has 2 aromatic heterocycles. The van der Waals surface area contributed by atoms with Crippen molar-refractivity contribution < 1.29 is 19.1 Å². The highest BCUT2D eigenvalue weighted by Crippen LogP contribution is 2.25. The Morgan fingerprint density at radius 2 is 1.78 bits per heavy atom. The number of nitrogens with zero attached hydrogens (tertiary/aromatic N) is 4. The van der Waals surface area contributed by atoms with Gasteiger partial charge in [-0.3, -0.25) is 14.2 Å². The summed E-state index contributed by atoms with van der Waals surface area (Å²) in [4.78, 5) is 37.3. The number of aromatic nitrogens is 4. The van der Waals surface area contributed by atoms with E-state index < -0.39 is 17.9 Å². The largest absolute Gasteiger partial charge is 0.465 e. The topological polar surface area (TPSA) is 96.2 Å². The molecule has 0 aliphatic rings. The molecular weight excluding hydrogens is 372 g/mol. The number of rotatable bonds is 6. The Bertz CT molecular complexity index is 970. The van der Waals surface area contributed by atoms with Crippen LogP contribution in [0.15, 0.2) is 36.8 Å². The molecule has 0 atom stereocenters. The molecule has 140 valence electrons. The van der Waals surface area contributed by atoms with Gasteiger partial charge in [-0.1, -0.05) is 23.7 Å². The maximum absolute atomic E-state index is 12.3. The molecule has 0 spiro atoms. The molecule has 0 bridgehead atoms. The number of hydrogen-bond donors (Lipinski definition) is 0. The van der Waals surface area contributed by atoms with Crippen LogP contribution in [0.1, 0.15) is 25.6 Å². The molecule has 3 aromatic rings. The van der Waals surface area contributed by atoms with Crippen LogP contribution in [0.3, 0.4) is 0 Å². The first kappa shape index (κ1) is 18.8. The average Bonchev–Trinajstić information content (AvgIpc) is 3.08. The third kappa shape index (κ3) is 3.75. The molecular formula is C18H17ClN4O4. The molecule has 8 nitrogen and oxygen atoms in total. The van der Waals surface area contributed by atoms with E-state index in [0.717, 1.165) is 11.0 Å². The molecule has 0 fully saturated rings. The number of carbonyl (C=O) groups excluding carboxylic acids is 2. The molecule has 0 radical (unpaired) electrons. The van der Waals surface area contributed by atoms with E-state index >= 15 is 0 Å². The Balaban J connectivity index is 2.09. The third-order valence-corrected chi connectivity index (χ3v) is 4.00. The van der Waals surface area contributed by atoms with E-state index in [0.29, 0.717) is 5.82 Å². The smallest absolute Gasteiger partial charge is 0.328 e. The molecule has 9 heteroatoms.